The van der Waals surface area contributed by atoms with Crippen LogP contribution in [0.5, 0.6) is 0 Å². The maximum atomic E-state index is 2.44. The van der Waals surface area contributed by atoms with E-state index in [1.807, 2.05) is 0 Å². The lowest BCUT2D eigenvalue weighted by molar-refractivity contribution is 0.519. The first-order valence-electron chi connectivity index (χ1n) is 13.4. The minimum Gasteiger partial charge on any atom is -0.0748 e. The van der Waals surface area contributed by atoms with E-state index in [9.17, 15) is 0 Å². The van der Waals surface area contributed by atoms with Gasteiger partial charge in [0, 0.05) is 9.52 Å². The summed E-state index contributed by atoms with van der Waals surface area (Å²) < 4.78 is 0. The maximum Gasteiger partial charge on any atom is 0.0166 e. The molecule has 0 saturated carbocycles. The molecule has 0 aliphatic carbocycles. The lowest BCUT2D eigenvalue weighted by Gasteiger charge is -2.04. The number of unbranched alkanes of at least 4 members (excludes halogenated alkanes) is 22. The predicted octanol–water partition coefficient (Wildman–Crippen LogP) is 9.61. The molecular formula is C26H56Si. The van der Waals surface area contributed by atoms with Crippen LogP contribution in [-0.2, 0) is 0 Å². The van der Waals surface area contributed by atoms with Gasteiger partial charge in [0.25, 0.3) is 0 Å². The van der Waals surface area contributed by atoms with Gasteiger partial charge in [-0.2, -0.15) is 0 Å². The first kappa shape index (κ1) is 27.2. The molecule has 1 heteroatoms. The molecule has 0 aromatic carbocycles. The first-order chi connectivity index (χ1) is 13.4. The van der Waals surface area contributed by atoms with Crippen molar-refractivity contribution in [2.24, 2.45) is 0 Å². The molecule has 0 fully saturated rings. The number of rotatable bonds is 24. The average Bonchev–Trinajstić information content (AvgIpc) is 2.68. The van der Waals surface area contributed by atoms with E-state index in [0.717, 1.165) is 0 Å². The van der Waals surface area contributed by atoms with Crippen LogP contribution in [0.3, 0.4) is 0 Å². The van der Waals surface area contributed by atoms with Crippen molar-refractivity contribution in [2.45, 2.75) is 167 Å². The zero-order valence-electron chi connectivity index (χ0n) is 19.7. The maximum absolute atomic E-state index is 2.44. The molecule has 0 aromatic heterocycles. The molecule has 0 heterocycles. The summed E-state index contributed by atoms with van der Waals surface area (Å²) in [6.07, 6.45) is 34.3. The zero-order valence-corrected chi connectivity index (χ0v) is 21.1. The Balaban J connectivity index is 2.95. The largest absolute Gasteiger partial charge is 0.0748 e. The van der Waals surface area contributed by atoms with Gasteiger partial charge in [0.2, 0.25) is 0 Å². The Morgan fingerprint density at radius 1 is 0.333 bits per heavy atom. The van der Waals surface area contributed by atoms with E-state index in [-0.39, 0.29) is 0 Å². The predicted molar refractivity (Wildman–Crippen MR) is 131 cm³/mol. The Labute approximate surface area is 176 Å². The highest BCUT2D eigenvalue weighted by molar-refractivity contribution is 6.33. The second-order valence-corrected chi connectivity index (χ2v) is 10.8. The molecule has 0 amide bonds. The molecule has 0 spiro atoms. The molecule has 0 rings (SSSR count). The molecule has 0 aromatic rings. The quantitative estimate of drug-likeness (QED) is 0.112. The van der Waals surface area contributed by atoms with Crippen LogP contribution >= 0.6 is 0 Å². The molecule has 0 aliphatic heterocycles. The molecular weight excluding hydrogens is 340 g/mol. The van der Waals surface area contributed by atoms with Crippen molar-refractivity contribution in [3.05, 3.63) is 0 Å². The number of hydrogen-bond donors (Lipinski definition) is 0. The molecule has 0 aliphatic rings. The van der Waals surface area contributed by atoms with Crippen molar-refractivity contribution in [3.8, 4) is 0 Å². The van der Waals surface area contributed by atoms with Crippen molar-refractivity contribution in [1.82, 2.24) is 0 Å². The third kappa shape index (κ3) is 26.2. The first-order valence-corrected chi connectivity index (χ1v) is 15.8. The standard InChI is InChI=1S/C26H56Si/c1-3-4-5-6-7-8-9-10-11-12-13-14-15-16-17-18-19-20-21-22-23-24-25-26-27-2/h3-27H2,1-2H3. The fourth-order valence-corrected chi connectivity index (χ4v) is 5.07. The van der Waals surface area contributed by atoms with Crippen LogP contribution in [0.4, 0.5) is 0 Å². The summed E-state index contributed by atoms with van der Waals surface area (Å²) in [5.41, 5.74) is 0. The van der Waals surface area contributed by atoms with Gasteiger partial charge < -0.3 is 0 Å². The van der Waals surface area contributed by atoms with Gasteiger partial charge in [-0.05, 0) is 0 Å². The summed E-state index contributed by atoms with van der Waals surface area (Å²) >= 11 is 0. The Bertz CT molecular complexity index is 214. The summed E-state index contributed by atoms with van der Waals surface area (Å²) in [4.78, 5) is 0. The van der Waals surface area contributed by atoms with E-state index < -0.39 is 0 Å². The third-order valence-electron chi connectivity index (χ3n) is 6.21. The molecule has 0 nitrogen and oxygen atoms in total. The van der Waals surface area contributed by atoms with Crippen molar-refractivity contribution in [1.29, 1.82) is 0 Å². The van der Waals surface area contributed by atoms with E-state index in [0.29, 0.717) is 9.52 Å². The molecule has 0 saturated heterocycles. The van der Waals surface area contributed by atoms with Gasteiger partial charge in [0.15, 0.2) is 0 Å². The van der Waals surface area contributed by atoms with Crippen LogP contribution in [0.15, 0.2) is 0 Å². The summed E-state index contributed by atoms with van der Waals surface area (Å²) in [5, 5.41) is 0. The smallest absolute Gasteiger partial charge is 0.0166 e. The Hall–Kier alpha value is 0.217. The van der Waals surface area contributed by atoms with E-state index in [4.69, 9.17) is 0 Å². The fourth-order valence-electron chi connectivity index (χ4n) is 4.21. The van der Waals surface area contributed by atoms with Gasteiger partial charge in [-0.1, -0.05) is 167 Å². The fraction of sp³-hybridized carbons (Fsp3) is 1.00. The molecule has 0 radical (unpaired) electrons. The molecule has 164 valence electrons. The van der Waals surface area contributed by atoms with Crippen LogP contribution in [0.25, 0.3) is 0 Å². The summed E-state index contributed by atoms with van der Waals surface area (Å²) in [6.45, 7) is 4.75. The summed E-state index contributed by atoms with van der Waals surface area (Å²) in [5.74, 6) is 0. The average molecular weight is 397 g/mol. The molecule has 0 atom stereocenters. The highest BCUT2D eigenvalue weighted by atomic mass is 28.2. The van der Waals surface area contributed by atoms with Gasteiger partial charge in [-0.25, -0.2) is 0 Å². The minimum atomic E-state index is 0.342. The van der Waals surface area contributed by atoms with E-state index >= 15 is 0 Å². The van der Waals surface area contributed by atoms with Gasteiger partial charge in [-0.3, -0.25) is 0 Å². The van der Waals surface area contributed by atoms with Crippen LogP contribution < -0.4 is 0 Å². The molecule has 0 bridgehead atoms. The highest BCUT2D eigenvalue weighted by Gasteiger charge is 1.95. The van der Waals surface area contributed by atoms with Crippen LogP contribution in [-0.4, -0.2) is 9.52 Å². The zero-order chi connectivity index (χ0) is 19.7. The van der Waals surface area contributed by atoms with E-state index in [1.54, 1.807) is 6.04 Å². The Morgan fingerprint density at radius 2 is 0.556 bits per heavy atom. The SMILES string of the molecule is CCCCCCCCCCCCCCCCCCCCCCCCC[SiH2]C. The van der Waals surface area contributed by atoms with E-state index in [2.05, 4.69) is 13.5 Å². The van der Waals surface area contributed by atoms with Crippen molar-refractivity contribution < 1.29 is 0 Å². The lowest BCUT2D eigenvalue weighted by Crippen LogP contribution is -1.85. The Morgan fingerprint density at radius 3 is 0.778 bits per heavy atom. The monoisotopic (exact) mass is 396 g/mol. The van der Waals surface area contributed by atoms with Crippen LogP contribution in [0, 0.1) is 0 Å². The normalized spacial score (nSPS) is 11.8. The second-order valence-electron chi connectivity index (χ2n) is 9.13. The molecule has 0 unspecified atom stereocenters. The molecule has 0 N–H and O–H groups in total. The summed E-state index contributed by atoms with van der Waals surface area (Å²) in [7, 11) is 0.342. The minimum absolute atomic E-state index is 0.342. The van der Waals surface area contributed by atoms with Gasteiger partial charge in [0.05, 0.1) is 0 Å². The van der Waals surface area contributed by atoms with Crippen LogP contribution in [0.1, 0.15) is 155 Å². The number of hydrogen-bond acceptors (Lipinski definition) is 0. The highest BCUT2D eigenvalue weighted by Crippen LogP contribution is 2.15. The van der Waals surface area contributed by atoms with Crippen molar-refractivity contribution in [3.63, 3.8) is 0 Å². The van der Waals surface area contributed by atoms with Gasteiger partial charge in [-0.15, -0.1) is 0 Å². The van der Waals surface area contributed by atoms with Crippen molar-refractivity contribution >= 4 is 9.52 Å². The van der Waals surface area contributed by atoms with Gasteiger partial charge in [0.1, 0.15) is 0 Å². The third-order valence-corrected chi connectivity index (χ3v) is 7.41. The Kier molecular flexibility index (Phi) is 26.4. The van der Waals surface area contributed by atoms with E-state index in [1.165, 1.54) is 148 Å². The second kappa shape index (κ2) is 26.2. The topological polar surface area (TPSA) is 0 Å². The summed E-state index contributed by atoms with van der Waals surface area (Å²) in [6, 6.07) is 1.58. The van der Waals surface area contributed by atoms with Crippen LogP contribution in [0.2, 0.25) is 12.6 Å². The van der Waals surface area contributed by atoms with Crippen molar-refractivity contribution in [2.75, 3.05) is 0 Å². The molecule has 27 heavy (non-hydrogen) atoms. The lowest BCUT2D eigenvalue weighted by atomic mass is 10.0. The van der Waals surface area contributed by atoms with Gasteiger partial charge >= 0.3 is 0 Å².